The van der Waals surface area contributed by atoms with Gasteiger partial charge < -0.3 is 15.4 Å². The van der Waals surface area contributed by atoms with Gasteiger partial charge in [0.25, 0.3) is 0 Å². The van der Waals surface area contributed by atoms with Crippen LogP contribution in [0.1, 0.15) is 18.4 Å². The number of rotatable bonds is 4. The zero-order valence-corrected chi connectivity index (χ0v) is 10.9. The highest BCUT2D eigenvalue weighted by molar-refractivity contribution is 5.41. The maximum atomic E-state index is 13.3. The minimum absolute atomic E-state index is 0.210. The standard InChI is InChI=1S/C14H21FN2O/c1-17(9-12-3-2-6-18-10-12)8-11-4-5-14(16)13(15)7-11/h4-5,7,12H,2-3,6,8-10,16H2,1H3. The van der Waals surface area contributed by atoms with Crippen molar-refractivity contribution in [1.29, 1.82) is 0 Å². The third-order valence-corrected chi connectivity index (χ3v) is 3.34. The number of benzene rings is 1. The van der Waals surface area contributed by atoms with Crippen LogP contribution in [0.5, 0.6) is 0 Å². The molecule has 1 heterocycles. The van der Waals surface area contributed by atoms with Gasteiger partial charge in [-0.2, -0.15) is 0 Å². The smallest absolute Gasteiger partial charge is 0.146 e. The minimum Gasteiger partial charge on any atom is -0.396 e. The van der Waals surface area contributed by atoms with E-state index in [0.717, 1.165) is 38.3 Å². The quantitative estimate of drug-likeness (QED) is 0.835. The van der Waals surface area contributed by atoms with Gasteiger partial charge in [0.05, 0.1) is 12.3 Å². The van der Waals surface area contributed by atoms with Gasteiger partial charge in [0.1, 0.15) is 5.82 Å². The lowest BCUT2D eigenvalue weighted by atomic mass is 10.0. The molecule has 0 saturated carbocycles. The van der Waals surface area contributed by atoms with Crippen molar-refractivity contribution in [3.63, 3.8) is 0 Å². The molecule has 1 saturated heterocycles. The molecule has 4 heteroatoms. The molecule has 1 unspecified atom stereocenters. The molecule has 2 rings (SSSR count). The van der Waals surface area contributed by atoms with E-state index in [1.54, 1.807) is 6.07 Å². The summed E-state index contributed by atoms with van der Waals surface area (Å²) in [5.74, 6) is 0.268. The average Bonchev–Trinajstić information content (AvgIpc) is 2.35. The Morgan fingerprint density at radius 3 is 3.00 bits per heavy atom. The van der Waals surface area contributed by atoms with Crippen molar-refractivity contribution in [1.82, 2.24) is 4.90 Å². The number of ether oxygens (including phenoxy) is 1. The van der Waals surface area contributed by atoms with Crippen molar-refractivity contribution in [3.05, 3.63) is 29.6 Å². The molecule has 1 fully saturated rings. The molecule has 0 spiro atoms. The Labute approximate surface area is 108 Å². The van der Waals surface area contributed by atoms with Crippen molar-refractivity contribution in [2.24, 2.45) is 5.92 Å². The van der Waals surface area contributed by atoms with Crippen LogP contribution in [0.4, 0.5) is 10.1 Å². The molecule has 0 amide bonds. The maximum Gasteiger partial charge on any atom is 0.146 e. The lowest BCUT2D eigenvalue weighted by molar-refractivity contribution is 0.0411. The van der Waals surface area contributed by atoms with Crippen LogP contribution >= 0.6 is 0 Å². The molecule has 3 nitrogen and oxygen atoms in total. The molecule has 1 aliphatic rings. The predicted molar refractivity (Wildman–Crippen MR) is 70.7 cm³/mol. The Balaban J connectivity index is 1.85. The van der Waals surface area contributed by atoms with Crippen LogP contribution < -0.4 is 5.73 Å². The van der Waals surface area contributed by atoms with E-state index in [1.807, 2.05) is 6.07 Å². The largest absolute Gasteiger partial charge is 0.396 e. The van der Waals surface area contributed by atoms with Crippen LogP contribution in [-0.2, 0) is 11.3 Å². The molecule has 18 heavy (non-hydrogen) atoms. The number of anilines is 1. The van der Waals surface area contributed by atoms with Crippen molar-refractivity contribution in [3.8, 4) is 0 Å². The average molecular weight is 252 g/mol. The van der Waals surface area contributed by atoms with Crippen molar-refractivity contribution in [2.45, 2.75) is 19.4 Å². The van der Waals surface area contributed by atoms with Gasteiger partial charge in [-0.15, -0.1) is 0 Å². The summed E-state index contributed by atoms with van der Waals surface area (Å²) in [5, 5.41) is 0. The van der Waals surface area contributed by atoms with E-state index >= 15 is 0 Å². The second kappa shape index (κ2) is 6.16. The molecule has 0 radical (unpaired) electrons. The molecule has 0 aliphatic carbocycles. The molecule has 100 valence electrons. The fourth-order valence-corrected chi connectivity index (χ4v) is 2.44. The van der Waals surface area contributed by atoms with Crippen LogP contribution in [0.25, 0.3) is 0 Å². The van der Waals surface area contributed by atoms with Crippen molar-refractivity contribution in [2.75, 3.05) is 32.5 Å². The highest BCUT2D eigenvalue weighted by Gasteiger charge is 2.16. The Morgan fingerprint density at radius 2 is 2.33 bits per heavy atom. The van der Waals surface area contributed by atoms with Crippen molar-refractivity contribution < 1.29 is 9.13 Å². The third-order valence-electron chi connectivity index (χ3n) is 3.34. The fourth-order valence-electron chi connectivity index (χ4n) is 2.44. The van der Waals surface area contributed by atoms with Crippen LogP contribution in [0.2, 0.25) is 0 Å². The molecule has 0 bridgehead atoms. The maximum absolute atomic E-state index is 13.3. The number of nitrogen functional groups attached to an aromatic ring is 1. The summed E-state index contributed by atoms with van der Waals surface area (Å²) in [6.45, 7) is 3.48. The molecule has 0 aromatic heterocycles. The summed E-state index contributed by atoms with van der Waals surface area (Å²) in [6, 6.07) is 5.03. The highest BCUT2D eigenvalue weighted by atomic mass is 19.1. The summed E-state index contributed by atoms with van der Waals surface area (Å²) in [6.07, 6.45) is 2.37. The van der Waals surface area contributed by atoms with E-state index < -0.39 is 0 Å². The summed E-state index contributed by atoms with van der Waals surface area (Å²) >= 11 is 0. The van der Waals surface area contributed by atoms with Gasteiger partial charge in [-0.3, -0.25) is 0 Å². The van der Waals surface area contributed by atoms with E-state index in [-0.39, 0.29) is 11.5 Å². The number of nitrogens with zero attached hydrogens (tertiary/aromatic N) is 1. The van der Waals surface area contributed by atoms with Crippen LogP contribution in [-0.4, -0.2) is 31.7 Å². The number of hydrogen-bond acceptors (Lipinski definition) is 3. The molecule has 1 aromatic rings. The number of halogens is 1. The van der Waals surface area contributed by atoms with Crippen molar-refractivity contribution >= 4 is 5.69 Å². The topological polar surface area (TPSA) is 38.5 Å². The van der Waals surface area contributed by atoms with E-state index in [9.17, 15) is 4.39 Å². The molecule has 1 atom stereocenters. The first-order valence-electron chi connectivity index (χ1n) is 6.45. The highest BCUT2D eigenvalue weighted by Crippen LogP contribution is 2.17. The van der Waals surface area contributed by atoms with E-state index in [0.29, 0.717) is 5.92 Å². The van der Waals surface area contributed by atoms with Crippen LogP contribution in [0.3, 0.4) is 0 Å². The summed E-state index contributed by atoms with van der Waals surface area (Å²) in [7, 11) is 2.06. The summed E-state index contributed by atoms with van der Waals surface area (Å²) in [5.41, 5.74) is 6.63. The van der Waals surface area contributed by atoms with Gasteiger partial charge in [0, 0.05) is 19.7 Å². The SMILES string of the molecule is CN(Cc1ccc(N)c(F)c1)CC1CCCOC1. The molecule has 1 aromatic carbocycles. The van der Waals surface area contributed by atoms with Crippen LogP contribution in [0, 0.1) is 11.7 Å². The number of hydrogen-bond donors (Lipinski definition) is 1. The normalized spacial score (nSPS) is 20.3. The predicted octanol–water partition coefficient (Wildman–Crippen LogP) is 2.27. The van der Waals surface area contributed by atoms with Gasteiger partial charge in [0.2, 0.25) is 0 Å². The van der Waals surface area contributed by atoms with E-state index in [4.69, 9.17) is 10.5 Å². The Kier molecular flexibility index (Phi) is 4.55. The Bertz CT molecular complexity index is 391. The lowest BCUT2D eigenvalue weighted by Gasteiger charge is -2.27. The van der Waals surface area contributed by atoms with Gasteiger partial charge in [0.15, 0.2) is 0 Å². The monoisotopic (exact) mass is 252 g/mol. The lowest BCUT2D eigenvalue weighted by Crippen LogP contribution is -2.30. The fraction of sp³-hybridized carbons (Fsp3) is 0.571. The molecule has 1 aliphatic heterocycles. The first kappa shape index (κ1) is 13.3. The van der Waals surface area contributed by atoms with Gasteiger partial charge in [-0.25, -0.2) is 4.39 Å². The summed E-state index contributed by atoms with van der Waals surface area (Å²) in [4.78, 5) is 2.21. The van der Waals surface area contributed by atoms with Gasteiger partial charge in [-0.1, -0.05) is 6.07 Å². The Hall–Kier alpha value is -1.13. The first-order chi connectivity index (χ1) is 8.65. The molecular weight excluding hydrogens is 231 g/mol. The second-order valence-corrected chi connectivity index (χ2v) is 5.14. The zero-order chi connectivity index (χ0) is 13.0. The van der Waals surface area contributed by atoms with E-state index in [2.05, 4.69) is 11.9 Å². The summed E-state index contributed by atoms with van der Waals surface area (Å²) < 4.78 is 18.8. The van der Waals surface area contributed by atoms with E-state index in [1.165, 1.54) is 12.5 Å². The van der Waals surface area contributed by atoms with Crippen LogP contribution in [0.15, 0.2) is 18.2 Å². The van der Waals surface area contributed by atoms with Gasteiger partial charge >= 0.3 is 0 Å². The third kappa shape index (κ3) is 3.68. The van der Waals surface area contributed by atoms with Gasteiger partial charge in [-0.05, 0) is 43.5 Å². The first-order valence-corrected chi connectivity index (χ1v) is 6.45. The zero-order valence-electron chi connectivity index (χ0n) is 10.9. The Morgan fingerprint density at radius 1 is 1.50 bits per heavy atom. The molecule has 2 N–H and O–H groups in total. The number of nitrogens with two attached hydrogens (primary N) is 1. The molecular formula is C14H21FN2O. The minimum atomic E-state index is -0.332. The second-order valence-electron chi connectivity index (χ2n) is 5.14.